The quantitative estimate of drug-likeness (QED) is 0.819. The summed E-state index contributed by atoms with van der Waals surface area (Å²) in [4.78, 5) is 18.2. The summed E-state index contributed by atoms with van der Waals surface area (Å²) in [5.41, 5.74) is 1.43. The maximum absolute atomic E-state index is 12.4. The molecule has 1 aromatic rings. The number of hydrogen-bond donors (Lipinski definition) is 1. The third kappa shape index (κ3) is 4.21. The normalized spacial score (nSPS) is 12.0. The fourth-order valence-electron chi connectivity index (χ4n) is 1.72. The molecule has 0 aromatic carbocycles. The van der Waals surface area contributed by atoms with Gasteiger partial charge in [-0.05, 0) is 19.4 Å². The lowest BCUT2D eigenvalue weighted by atomic mass is 10.1. The summed E-state index contributed by atoms with van der Waals surface area (Å²) in [5, 5.41) is 3.23. The molecule has 1 unspecified atom stereocenters. The van der Waals surface area contributed by atoms with Crippen LogP contribution in [-0.4, -0.2) is 49.1 Å². The molecule has 0 aliphatic carbocycles. The van der Waals surface area contributed by atoms with E-state index in [9.17, 15) is 4.79 Å². The second-order valence-electron chi connectivity index (χ2n) is 4.57. The van der Waals surface area contributed by atoms with E-state index in [4.69, 9.17) is 4.74 Å². The van der Waals surface area contributed by atoms with Crippen LogP contribution >= 0.6 is 0 Å². The molecule has 0 saturated heterocycles. The first-order valence-electron chi connectivity index (χ1n) is 6.55. The average Bonchev–Trinajstić information content (AvgIpc) is 2.44. The molecule has 1 heterocycles. The highest BCUT2D eigenvalue weighted by atomic mass is 16.5. The molecule has 0 bridgehead atoms. The Balaban J connectivity index is 2.86. The van der Waals surface area contributed by atoms with Gasteiger partial charge in [0.1, 0.15) is 0 Å². The number of nitrogens with zero attached hydrogens (tertiary/aromatic N) is 2. The standard InChI is InChI=1S/C14H23N3O2/c1-5-7-16-13-9-15-8-6-12(13)14(18)17(3)11(2)10-19-4/h6,8-9,11,16H,5,7,10H2,1-4H3. The Bertz CT molecular complexity index is 409. The molecule has 1 rings (SSSR count). The van der Waals surface area contributed by atoms with Gasteiger partial charge >= 0.3 is 0 Å². The zero-order chi connectivity index (χ0) is 14.3. The van der Waals surface area contributed by atoms with Crippen LogP contribution in [0.5, 0.6) is 0 Å². The highest BCUT2D eigenvalue weighted by molar-refractivity contribution is 5.99. The lowest BCUT2D eigenvalue weighted by Crippen LogP contribution is -2.38. The Morgan fingerprint density at radius 3 is 2.95 bits per heavy atom. The van der Waals surface area contributed by atoms with Gasteiger partial charge in [0, 0.05) is 26.9 Å². The molecule has 0 aliphatic heterocycles. The highest BCUT2D eigenvalue weighted by Crippen LogP contribution is 2.16. The number of carbonyl (C=O) groups is 1. The molecule has 5 heteroatoms. The van der Waals surface area contributed by atoms with E-state index in [1.165, 1.54) is 0 Å². The number of likely N-dealkylation sites (N-methyl/N-ethyl adjacent to an activating group) is 1. The Labute approximate surface area is 115 Å². The molecule has 19 heavy (non-hydrogen) atoms. The Hall–Kier alpha value is -1.62. The smallest absolute Gasteiger partial charge is 0.256 e. The summed E-state index contributed by atoms with van der Waals surface area (Å²) in [6.45, 7) is 5.38. The number of carbonyl (C=O) groups excluding carboxylic acids is 1. The van der Waals surface area contributed by atoms with Gasteiger partial charge in [0.15, 0.2) is 0 Å². The van der Waals surface area contributed by atoms with E-state index in [-0.39, 0.29) is 11.9 Å². The molecular weight excluding hydrogens is 242 g/mol. The predicted octanol–water partition coefficient (Wildman–Crippen LogP) is 2.01. The molecule has 0 aliphatic rings. The van der Waals surface area contributed by atoms with Crippen LogP contribution in [0.3, 0.4) is 0 Å². The van der Waals surface area contributed by atoms with Crippen LogP contribution in [0.25, 0.3) is 0 Å². The predicted molar refractivity (Wildman–Crippen MR) is 76.4 cm³/mol. The number of hydrogen-bond acceptors (Lipinski definition) is 4. The highest BCUT2D eigenvalue weighted by Gasteiger charge is 2.19. The van der Waals surface area contributed by atoms with Gasteiger partial charge in [0.25, 0.3) is 5.91 Å². The number of amides is 1. The first-order valence-corrected chi connectivity index (χ1v) is 6.55. The van der Waals surface area contributed by atoms with Crippen LogP contribution < -0.4 is 5.32 Å². The lowest BCUT2D eigenvalue weighted by molar-refractivity contribution is 0.0634. The number of nitrogens with one attached hydrogen (secondary N) is 1. The summed E-state index contributed by atoms with van der Waals surface area (Å²) < 4.78 is 5.08. The minimum absolute atomic E-state index is 0.0226. The zero-order valence-corrected chi connectivity index (χ0v) is 12.1. The van der Waals surface area contributed by atoms with E-state index in [1.54, 1.807) is 37.5 Å². The second kappa shape index (κ2) is 7.74. The zero-order valence-electron chi connectivity index (χ0n) is 12.1. The van der Waals surface area contributed by atoms with Crippen LogP contribution in [0, 0.1) is 0 Å². The molecule has 1 amide bonds. The van der Waals surface area contributed by atoms with Gasteiger partial charge in [-0.15, -0.1) is 0 Å². The van der Waals surface area contributed by atoms with Crippen LogP contribution in [0.4, 0.5) is 5.69 Å². The molecule has 0 spiro atoms. The van der Waals surface area contributed by atoms with Crippen molar-refractivity contribution in [3.05, 3.63) is 24.0 Å². The van der Waals surface area contributed by atoms with E-state index in [0.717, 1.165) is 18.7 Å². The molecule has 0 saturated carbocycles. The summed E-state index contributed by atoms with van der Waals surface area (Å²) in [5.74, 6) is -0.0226. The Morgan fingerprint density at radius 1 is 1.58 bits per heavy atom. The third-order valence-corrected chi connectivity index (χ3v) is 3.01. The van der Waals surface area contributed by atoms with E-state index < -0.39 is 0 Å². The minimum atomic E-state index is -0.0226. The number of ether oxygens (including phenoxy) is 1. The number of methoxy groups -OCH3 is 1. The summed E-state index contributed by atoms with van der Waals surface area (Å²) in [7, 11) is 3.42. The van der Waals surface area contributed by atoms with Crippen LogP contribution in [-0.2, 0) is 4.74 Å². The van der Waals surface area contributed by atoms with Crippen LogP contribution in [0.1, 0.15) is 30.6 Å². The van der Waals surface area contributed by atoms with E-state index in [0.29, 0.717) is 12.2 Å². The summed E-state index contributed by atoms with van der Waals surface area (Å²) >= 11 is 0. The van der Waals surface area contributed by atoms with Crippen molar-refractivity contribution in [3.63, 3.8) is 0 Å². The first kappa shape index (κ1) is 15.4. The average molecular weight is 265 g/mol. The van der Waals surface area contributed by atoms with Gasteiger partial charge in [-0.3, -0.25) is 9.78 Å². The van der Waals surface area contributed by atoms with Gasteiger partial charge < -0.3 is 15.0 Å². The molecular formula is C14H23N3O2. The van der Waals surface area contributed by atoms with Crippen LogP contribution in [0.15, 0.2) is 18.5 Å². The van der Waals surface area contributed by atoms with Crippen molar-refractivity contribution < 1.29 is 9.53 Å². The molecule has 0 fully saturated rings. The van der Waals surface area contributed by atoms with Crippen molar-refractivity contribution in [1.82, 2.24) is 9.88 Å². The van der Waals surface area contributed by atoms with Crippen LogP contribution in [0.2, 0.25) is 0 Å². The first-order chi connectivity index (χ1) is 9.11. The third-order valence-electron chi connectivity index (χ3n) is 3.01. The van der Waals surface area contributed by atoms with Crippen molar-refractivity contribution in [2.45, 2.75) is 26.3 Å². The summed E-state index contributed by atoms with van der Waals surface area (Å²) in [6.07, 6.45) is 4.33. The fourth-order valence-corrected chi connectivity index (χ4v) is 1.72. The molecule has 106 valence electrons. The molecule has 5 nitrogen and oxygen atoms in total. The lowest BCUT2D eigenvalue weighted by Gasteiger charge is -2.25. The fraction of sp³-hybridized carbons (Fsp3) is 0.571. The topological polar surface area (TPSA) is 54.5 Å². The van der Waals surface area contributed by atoms with Crippen molar-refractivity contribution >= 4 is 11.6 Å². The molecule has 1 atom stereocenters. The maximum atomic E-state index is 12.4. The minimum Gasteiger partial charge on any atom is -0.383 e. The largest absolute Gasteiger partial charge is 0.383 e. The number of aromatic nitrogens is 1. The number of anilines is 1. The molecule has 0 radical (unpaired) electrons. The van der Waals surface area contributed by atoms with Crippen molar-refractivity contribution in [2.24, 2.45) is 0 Å². The van der Waals surface area contributed by atoms with E-state index in [2.05, 4.69) is 17.2 Å². The van der Waals surface area contributed by atoms with E-state index in [1.807, 2.05) is 6.92 Å². The van der Waals surface area contributed by atoms with Gasteiger partial charge in [0.05, 0.1) is 30.1 Å². The summed E-state index contributed by atoms with van der Waals surface area (Å²) in [6, 6.07) is 1.78. The molecule has 1 aromatic heterocycles. The Kier molecular flexibility index (Phi) is 6.29. The van der Waals surface area contributed by atoms with Crippen molar-refractivity contribution in [1.29, 1.82) is 0 Å². The van der Waals surface area contributed by atoms with E-state index >= 15 is 0 Å². The monoisotopic (exact) mass is 265 g/mol. The van der Waals surface area contributed by atoms with Gasteiger partial charge in [-0.2, -0.15) is 0 Å². The second-order valence-corrected chi connectivity index (χ2v) is 4.57. The SMILES string of the molecule is CCCNc1cnccc1C(=O)N(C)C(C)COC. The maximum Gasteiger partial charge on any atom is 0.256 e. The van der Waals surface area contributed by atoms with Gasteiger partial charge in [0.2, 0.25) is 0 Å². The number of pyridine rings is 1. The van der Waals surface area contributed by atoms with Crippen molar-refractivity contribution in [2.75, 3.05) is 32.6 Å². The van der Waals surface area contributed by atoms with Gasteiger partial charge in [-0.1, -0.05) is 6.92 Å². The van der Waals surface area contributed by atoms with Gasteiger partial charge in [-0.25, -0.2) is 0 Å². The number of rotatable bonds is 7. The Morgan fingerprint density at radius 2 is 2.32 bits per heavy atom. The molecule has 1 N–H and O–H groups in total. The van der Waals surface area contributed by atoms with Crippen molar-refractivity contribution in [3.8, 4) is 0 Å².